The fraction of sp³-hybridized carbons (Fsp3) is 0.143. The Kier molecular flexibility index (Phi) is 7.44. The normalized spacial score (nSPS) is 14.8. The first-order chi connectivity index (χ1) is 21.2. The molecule has 1 unspecified atom stereocenters. The summed E-state index contributed by atoms with van der Waals surface area (Å²) in [5, 5.41) is 0. The number of carbonyl (C=O) groups is 2. The third-order valence-corrected chi connectivity index (χ3v) is 10.2. The number of sulfonamides is 1. The molecule has 1 aliphatic rings. The smallest absolute Gasteiger partial charge is 0.247 e. The monoisotopic (exact) mass is 602 g/mol. The van der Waals surface area contributed by atoms with E-state index in [0.717, 1.165) is 45.4 Å². The summed E-state index contributed by atoms with van der Waals surface area (Å²) in [6.07, 6.45) is 7.55. The standard InChI is InChI=1S/C35H30N4O4S/c1-24(26-8-11-31(12-9-26)44(42,43)38(2)3)39-33-22-28(27-6-4-25(23-40)5-7-27)10-13-32(33)35(34(39)41,29-14-18-36-19-15-29)30-16-20-37-21-17-30/h4-24H,1-3H3. The van der Waals surface area contributed by atoms with Crippen LogP contribution in [0, 0.1) is 0 Å². The van der Waals surface area contributed by atoms with Gasteiger partial charge in [0.15, 0.2) is 0 Å². The molecule has 0 fully saturated rings. The number of fused-ring (bicyclic) bond motifs is 1. The van der Waals surface area contributed by atoms with Gasteiger partial charge in [-0.1, -0.05) is 48.5 Å². The third-order valence-electron chi connectivity index (χ3n) is 8.34. The number of carbonyl (C=O) groups excluding carboxylic acids is 2. The highest BCUT2D eigenvalue weighted by molar-refractivity contribution is 7.89. The summed E-state index contributed by atoms with van der Waals surface area (Å²) in [5.41, 5.74) is 5.07. The molecule has 9 heteroatoms. The molecule has 8 nitrogen and oxygen atoms in total. The zero-order valence-electron chi connectivity index (χ0n) is 24.5. The Balaban J connectivity index is 1.56. The number of pyridine rings is 2. The summed E-state index contributed by atoms with van der Waals surface area (Å²) in [7, 11) is -0.623. The second kappa shape index (κ2) is 11.3. The number of aromatic nitrogens is 2. The van der Waals surface area contributed by atoms with Gasteiger partial charge in [-0.25, -0.2) is 12.7 Å². The van der Waals surface area contributed by atoms with Crippen molar-refractivity contribution in [1.82, 2.24) is 14.3 Å². The maximum absolute atomic E-state index is 15.1. The van der Waals surface area contributed by atoms with Crippen LogP contribution in [0.5, 0.6) is 0 Å². The van der Waals surface area contributed by atoms with Crippen molar-refractivity contribution in [3.8, 4) is 11.1 Å². The van der Waals surface area contributed by atoms with E-state index in [-0.39, 0.29) is 10.8 Å². The van der Waals surface area contributed by atoms with E-state index in [9.17, 15) is 13.2 Å². The van der Waals surface area contributed by atoms with Crippen LogP contribution in [0.2, 0.25) is 0 Å². The van der Waals surface area contributed by atoms with Gasteiger partial charge in [0, 0.05) is 55.7 Å². The molecule has 0 saturated heterocycles. The van der Waals surface area contributed by atoms with E-state index in [1.54, 1.807) is 66.1 Å². The molecule has 220 valence electrons. The van der Waals surface area contributed by atoms with Crippen LogP contribution in [0.25, 0.3) is 11.1 Å². The minimum atomic E-state index is -3.61. The predicted molar refractivity (Wildman–Crippen MR) is 169 cm³/mol. The van der Waals surface area contributed by atoms with Gasteiger partial charge in [0.1, 0.15) is 11.7 Å². The lowest BCUT2D eigenvalue weighted by atomic mass is 9.70. The molecule has 3 aromatic carbocycles. The summed E-state index contributed by atoms with van der Waals surface area (Å²) < 4.78 is 26.6. The van der Waals surface area contributed by atoms with E-state index < -0.39 is 21.5 Å². The first-order valence-electron chi connectivity index (χ1n) is 14.1. The summed E-state index contributed by atoms with van der Waals surface area (Å²) >= 11 is 0. The Labute approximate surface area is 256 Å². The Bertz CT molecular complexity index is 1910. The maximum Gasteiger partial charge on any atom is 0.247 e. The highest BCUT2D eigenvalue weighted by Gasteiger charge is 2.54. The van der Waals surface area contributed by atoms with Crippen LogP contribution in [0.4, 0.5) is 5.69 Å². The Morgan fingerprint density at radius 1 is 0.773 bits per heavy atom. The van der Waals surface area contributed by atoms with Crippen LogP contribution < -0.4 is 4.90 Å². The zero-order valence-corrected chi connectivity index (χ0v) is 25.3. The van der Waals surface area contributed by atoms with Crippen molar-refractivity contribution in [3.63, 3.8) is 0 Å². The number of rotatable bonds is 8. The second-order valence-electron chi connectivity index (χ2n) is 10.9. The van der Waals surface area contributed by atoms with E-state index >= 15 is 4.79 Å². The summed E-state index contributed by atoms with van der Waals surface area (Å²) in [5.74, 6) is -0.143. The van der Waals surface area contributed by atoms with Crippen molar-refractivity contribution in [2.45, 2.75) is 23.3 Å². The summed E-state index contributed by atoms with van der Waals surface area (Å²) in [6, 6.07) is 27.0. The minimum absolute atomic E-state index is 0.143. The topological polar surface area (TPSA) is 101 Å². The summed E-state index contributed by atoms with van der Waals surface area (Å²) in [6.45, 7) is 1.94. The molecular formula is C35H30N4O4S. The molecule has 0 bridgehead atoms. The number of hydrogen-bond acceptors (Lipinski definition) is 6. The quantitative estimate of drug-likeness (QED) is 0.213. The van der Waals surface area contributed by atoms with E-state index in [2.05, 4.69) is 9.97 Å². The lowest BCUT2D eigenvalue weighted by molar-refractivity contribution is -0.121. The van der Waals surface area contributed by atoms with Crippen molar-refractivity contribution in [1.29, 1.82) is 0 Å². The lowest BCUT2D eigenvalue weighted by Gasteiger charge is -2.32. The lowest BCUT2D eigenvalue weighted by Crippen LogP contribution is -2.43. The Morgan fingerprint density at radius 3 is 1.84 bits per heavy atom. The van der Waals surface area contributed by atoms with Crippen molar-refractivity contribution in [3.05, 3.63) is 144 Å². The number of anilines is 1. The van der Waals surface area contributed by atoms with Gasteiger partial charge in [0.25, 0.3) is 0 Å². The molecular weight excluding hydrogens is 572 g/mol. The molecule has 1 atom stereocenters. The molecule has 0 saturated carbocycles. The van der Waals surface area contributed by atoms with Gasteiger partial charge in [0.05, 0.1) is 10.9 Å². The first-order valence-corrected chi connectivity index (χ1v) is 15.5. The van der Waals surface area contributed by atoms with Gasteiger partial charge in [-0.15, -0.1) is 0 Å². The molecule has 0 radical (unpaired) electrons. The SMILES string of the molecule is CC(c1ccc(S(=O)(=O)N(C)C)cc1)N1C(=O)C(c2ccncc2)(c2ccncc2)c2ccc(-c3ccc(C=O)cc3)cc21. The van der Waals surface area contributed by atoms with Gasteiger partial charge in [-0.3, -0.25) is 19.6 Å². The number of benzene rings is 3. The van der Waals surface area contributed by atoms with Crippen LogP contribution in [-0.2, 0) is 20.2 Å². The molecule has 44 heavy (non-hydrogen) atoms. The number of hydrogen-bond donors (Lipinski definition) is 0. The van der Waals surface area contributed by atoms with E-state index in [0.29, 0.717) is 5.56 Å². The van der Waals surface area contributed by atoms with Gasteiger partial charge in [0.2, 0.25) is 15.9 Å². The van der Waals surface area contributed by atoms with E-state index in [1.807, 2.05) is 61.5 Å². The third kappa shape index (κ3) is 4.61. The fourth-order valence-electron chi connectivity index (χ4n) is 5.98. The van der Waals surface area contributed by atoms with Gasteiger partial charge >= 0.3 is 0 Å². The van der Waals surface area contributed by atoms with Crippen LogP contribution >= 0.6 is 0 Å². The fourth-order valence-corrected chi connectivity index (χ4v) is 6.88. The van der Waals surface area contributed by atoms with Gasteiger partial charge in [-0.05, 0) is 77.2 Å². The van der Waals surface area contributed by atoms with Crippen molar-refractivity contribution in [2.75, 3.05) is 19.0 Å². The molecule has 0 N–H and O–H groups in total. The van der Waals surface area contributed by atoms with Crippen molar-refractivity contribution >= 4 is 27.9 Å². The maximum atomic E-state index is 15.1. The van der Waals surface area contributed by atoms with E-state index in [1.165, 1.54) is 18.4 Å². The zero-order chi connectivity index (χ0) is 31.1. The molecule has 0 aliphatic carbocycles. The first kappa shape index (κ1) is 29.1. The molecule has 1 aliphatic heterocycles. The van der Waals surface area contributed by atoms with Crippen LogP contribution in [-0.4, -0.2) is 49.0 Å². The van der Waals surface area contributed by atoms with Crippen molar-refractivity contribution < 1.29 is 18.0 Å². The number of aldehydes is 1. The number of amides is 1. The van der Waals surface area contributed by atoms with Crippen LogP contribution in [0.3, 0.4) is 0 Å². The minimum Gasteiger partial charge on any atom is -0.303 e. The largest absolute Gasteiger partial charge is 0.303 e. The number of nitrogens with zero attached hydrogens (tertiary/aromatic N) is 4. The Hall–Kier alpha value is -4.99. The van der Waals surface area contributed by atoms with Crippen LogP contribution in [0.1, 0.15) is 45.6 Å². The predicted octanol–water partition coefficient (Wildman–Crippen LogP) is 5.65. The molecule has 2 aromatic heterocycles. The average Bonchev–Trinajstić information content (AvgIpc) is 3.33. The van der Waals surface area contributed by atoms with Gasteiger partial charge in [-0.2, -0.15) is 0 Å². The molecule has 0 spiro atoms. The molecule has 3 heterocycles. The molecule has 5 aromatic rings. The Morgan fingerprint density at radius 2 is 1.32 bits per heavy atom. The second-order valence-corrected chi connectivity index (χ2v) is 13.1. The highest BCUT2D eigenvalue weighted by atomic mass is 32.2. The van der Waals surface area contributed by atoms with Crippen LogP contribution in [0.15, 0.2) is 121 Å². The average molecular weight is 603 g/mol. The highest BCUT2D eigenvalue weighted by Crippen LogP contribution is 2.53. The molecule has 6 rings (SSSR count). The molecule has 1 amide bonds. The van der Waals surface area contributed by atoms with E-state index in [4.69, 9.17) is 0 Å². The van der Waals surface area contributed by atoms with Crippen molar-refractivity contribution in [2.24, 2.45) is 0 Å². The summed E-state index contributed by atoms with van der Waals surface area (Å²) in [4.78, 5) is 36.8. The van der Waals surface area contributed by atoms with Gasteiger partial charge < -0.3 is 4.90 Å².